The van der Waals surface area contributed by atoms with Crippen LogP contribution in [0.1, 0.15) is 23.4 Å². The number of carboxylic acids is 1. The summed E-state index contributed by atoms with van der Waals surface area (Å²) in [6.45, 7) is 0. The number of thiophene rings is 1. The molecule has 6 nitrogen and oxygen atoms in total. The minimum atomic E-state index is -3.53. The maximum absolute atomic E-state index is 12.0. The van der Waals surface area contributed by atoms with Crippen molar-refractivity contribution in [2.45, 2.75) is 19.3 Å². The Hall–Kier alpha value is -1.42. The monoisotopic (exact) mass is 406 g/mol. The van der Waals surface area contributed by atoms with Gasteiger partial charge in [0, 0.05) is 16.7 Å². The van der Waals surface area contributed by atoms with E-state index in [-0.39, 0.29) is 17.3 Å². The molecule has 0 fully saturated rings. The third kappa shape index (κ3) is 6.60. The summed E-state index contributed by atoms with van der Waals surface area (Å²) in [5.41, 5.74) is 0.683. The highest BCUT2D eigenvalue weighted by Gasteiger charge is 2.11. The van der Waals surface area contributed by atoms with E-state index in [9.17, 15) is 13.2 Å². The van der Waals surface area contributed by atoms with E-state index in [4.69, 9.17) is 16.7 Å². The number of rotatable bonds is 9. The van der Waals surface area contributed by atoms with Crippen LogP contribution in [0.3, 0.4) is 0 Å². The second-order valence-corrected chi connectivity index (χ2v) is 9.19. The van der Waals surface area contributed by atoms with Crippen molar-refractivity contribution in [3.05, 3.63) is 38.5 Å². The number of carbonyl (C=O) groups is 1. The lowest BCUT2D eigenvalue weighted by molar-refractivity contribution is -0.137. The lowest BCUT2D eigenvalue weighted by Crippen LogP contribution is -2.15. The van der Waals surface area contributed by atoms with Gasteiger partial charge < -0.3 is 5.11 Å². The van der Waals surface area contributed by atoms with Crippen LogP contribution in [-0.4, -0.2) is 30.2 Å². The molecular formula is C14H15ClN2O4S3. The average molecular weight is 407 g/mol. The number of sulfonamides is 1. The van der Waals surface area contributed by atoms with Gasteiger partial charge in [0.25, 0.3) is 0 Å². The molecule has 2 aromatic heterocycles. The largest absolute Gasteiger partial charge is 0.481 e. The lowest BCUT2D eigenvalue weighted by Gasteiger charge is -2.01. The van der Waals surface area contributed by atoms with E-state index < -0.39 is 16.0 Å². The number of hydrogen-bond acceptors (Lipinski definition) is 6. The first kappa shape index (κ1) is 18.9. The van der Waals surface area contributed by atoms with Gasteiger partial charge >= 0.3 is 5.97 Å². The van der Waals surface area contributed by atoms with Crippen LogP contribution in [-0.2, 0) is 21.2 Å². The number of aryl methyl sites for hydroxylation is 1. The number of aromatic nitrogens is 1. The summed E-state index contributed by atoms with van der Waals surface area (Å²) in [6, 6.07) is 3.56. The Balaban J connectivity index is 1.86. The molecule has 0 amide bonds. The first-order valence-corrected chi connectivity index (χ1v) is 10.7. The van der Waals surface area contributed by atoms with Crippen LogP contribution in [0, 0.1) is 0 Å². The number of hydrogen-bond donors (Lipinski definition) is 2. The summed E-state index contributed by atoms with van der Waals surface area (Å²) in [5, 5.41) is 10.6. The van der Waals surface area contributed by atoms with Crippen LogP contribution < -0.4 is 4.72 Å². The van der Waals surface area contributed by atoms with E-state index in [1.807, 2.05) is 6.07 Å². The number of nitrogens with zero attached hydrogens (tertiary/aromatic N) is 1. The molecule has 2 heterocycles. The Morgan fingerprint density at radius 3 is 2.88 bits per heavy atom. The highest BCUT2D eigenvalue weighted by atomic mass is 35.5. The molecule has 0 aliphatic heterocycles. The Kier molecular flexibility index (Phi) is 6.79. The standard InChI is InChI=1S/C14H15ClN2O4S3/c15-12-7-6-11(23-12)4-2-8-24(20,21)17-14-16-10(9-22-14)3-1-5-13(18)19/h2,4,6-7,9H,1,3,5,8H2,(H,16,17)(H,18,19). The van der Waals surface area contributed by atoms with Crippen molar-refractivity contribution in [3.63, 3.8) is 0 Å². The number of carboxylic acid groups (broad SMARTS) is 1. The number of nitrogens with one attached hydrogen (secondary N) is 1. The zero-order chi connectivity index (χ0) is 17.6. The third-order valence-electron chi connectivity index (χ3n) is 2.81. The second kappa shape index (κ2) is 8.61. The quantitative estimate of drug-likeness (QED) is 0.661. The molecule has 0 aliphatic carbocycles. The van der Waals surface area contributed by atoms with E-state index in [1.54, 1.807) is 23.6 Å². The van der Waals surface area contributed by atoms with Crippen molar-refractivity contribution in [1.29, 1.82) is 0 Å². The van der Waals surface area contributed by atoms with Crippen LogP contribution in [0.15, 0.2) is 23.6 Å². The molecular weight excluding hydrogens is 392 g/mol. The lowest BCUT2D eigenvalue weighted by atomic mass is 10.2. The molecule has 0 atom stereocenters. The van der Waals surface area contributed by atoms with Crippen molar-refractivity contribution in [2.24, 2.45) is 0 Å². The van der Waals surface area contributed by atoms with Gasteiger partial charge in [-0.1, -0.05) is 17.7 Å². The highest BCUT2D eigenvalue weighted by molar-refractivity contribution is 7.93. The molecule has 2 aromatic rings. The zero-order valence-electron chi connectivity index (χ0n) is 12.4. The molecule has 2 N–H and O–H groups in total. The minimum absolute atomic E-state index is 0.0656. The van der Waals surface area contributed by atoms with E-state index >= 15 is 0 Å². The highest BCUT2D eigenvalue weighted by Crippen LogP contribution is 2.22. The van der Waals surface area contributed by atoms with Crippen molar-refractivity contribution < 1.29 is 18.3 Å². The fraction of sp³-hybridized carbons (Fsp3) is 0.286. The first-order chi connectivity index (χ1) is 11.3. The summed E-state index contributed by atoms with van der Waals surface area (Å²) < 4.78 is 27.1. The predicted molar refractivity (Wildman–Crippen MR) is 98.5 cm³/mol. The molecule has 10 heteroatoms. The average Bonchev–Trinajstić information content (AvgIpc) is 3.07. The summed E-state index contributed by atoms with van der Waals surface area (Å²) >= 11 is 8.35. The molecule has 0 spiro atoms. The van der Waals surface area contributed by atoms with E-state index in [2.05, 4.69) is 9.71 Å². The molecule has 0 bridgehead atoms. The van der Waals surface area contributed by atoms with Gasteiger partial charge in [0.2, 0.25) is 10.0 Å². The number of thiazole rings is 1. The van der Waals surface area contributed by atoms with Gasteiger partial charge in [-0.3, -0.25) is 9.52 Å². The third-order valence-corrected chi connectivity index (χ3v) is 6.08. The van der Waals surface area contributed by atoms with E-state index in [1.165, 1.54) is 22.7 Å². The summed E-state index contributed by atoms with van der Waals surface area (Å²) in [6.07, 6.45) is 4.29. The Bertz CT molecular complexity index is 827. The maximum Gasteiger partial charge on any atom is 0.303 e. The molecule has 0 saturated carbocycles. The smallest absolute Gasteiger partial charge is 0.303 e. The van der Waals surface area contributed by atoms with Crippen LogP contribution in [0.4, 0.5) is 5.13 Å². The SMILES string of the molecule is O=C(O)CCCc1csc(NS(=O)(=O)CC=Cc2ccc(Cl)s2)n1. The Morgan fingerprint density at radius 1 is 1.42 bits per heavy atom. The second-order valence-electron chi connectivity index (χ2n) is 4.82. The van der Waals surface area contributed by atoms with Gasteiger partial charge in [-0.05, 0) is 31.1 Å². The fourth-order valence-corrected chi connectivity index (χ4v) is 4.67. The van der Waals surface area contributed by atoms with Crippen molar-refractivity contribution in [2.75, 3.05) is 10.5 Å². The van der Waals surface area contributed by atoms with Crippen LogP contribution in [0.2, 0.25) is 4.34 Å². The molecule has 0 aromatic carbocycles. The Morgan fingerprint density at radius 2 is 2.21 bits per heavy atom. The molecule has 0 aliphatic rings. The molecule has 0 saturated heterocycles. The minimum Gasteiger partial charge on any atom is -0.481 e. The van der Waals surface area contributed by atoms with E-state index in [0.717, 1.165) is 4.88 Å². The number of aliphatic carboxylic acids is 1. The fourth-order valence-electron chi connectivity index (χ4n) is 1.77. The first-order valence-electron chi connectivity index (χ1n) is 6.92. The number of halogens is 1. The molecule has 2 rings (SSSR count). The topological polar surface area (TPSA) is 96.4 Å². The Labute approximate surface area is 152 Å². The van der Waals surface area contributed by atoms with Crippen LogP contribution in [0.5, 0.6) is 0 Å². The van der Waals surface area contributed by atoms with Gasteiger partial charge in [-0.15, -0.1) is 22.7 Å². The van der Waals surface area contributed by atoms with E-state index in [0.29, 0.717) is 22.9 Å². The van der Waals surface area contributed by atoms with Gasteiger partial charge in [-0.2, -0.15) is 0 Å². The van der Waals surface area contributed by atoms with Gasteiger partial charge in [0.05, 0.1) is 15.8 Å². The normalized spacial score (nSPS) is 11.9. The number of anilines is 1. The van der Waals surface area contributed by atoms with Crippen molar-refractivity contribution in [3.8, 4) is 0 Å². The molecule has 0 unspecified atom stereocenters. The van der Waals surface area contributed by atoms with Gasteiger partial charge in [0.1, 0.15) is 0 Å². The van der Waals surface area contributed by atoms with Gasteiger partial charge in [0.15, 0.2) is 5.13 Å². The van der Waals surface area contributed by atoms with Crippen molar-refractivity contribution >= 4 is 61.5 Å². The van der Waals surface area contributed by atoms with Gasteiger partial charge in [-0.25, -0.2) is 13.4 Å². The molecule has 130 valence electrons. The van der Waals surface area contributed by atoms with Crippen molar-refractivity contribution in [1.82, 2.24) is 4.98 Å². The summed E-state index contributed by atoms with van der Waals surface area (Å²) in [4.78, 5) is 15.5. The maximum atomic E-state index is 12.0. The predicted octanol–water partition coefficient (Wildman–Crippen LogP) is 3.72. The zero-order valence-corrected chi connectivity index (χ0v) is 15.6. The summed E-state index contributed by atoms with van der Waals surface area (Å²) in [7, 11) is -3.53. The summed E-state index contributed by atoms with van der Waals surface area (Å²) in [5.74, 6) is -1.03. The molecule has 0 radical (unpaired) electrons. The molecule has 24 heavy (non-hydrogen) atoms. The van der Waals surface area contributed by atoms with Crippen LogP contribution >= 0.6 is 34.3 Å². The van der Waals surface area contributed by atoms with Crippen LogP contribution in [0.25, 0.3) is 6.08 Å².